The van der Waals surface area contributed by atoms with Crippen LogP contribution in [0.15, 0.2) is 42.5 Å². The molecular weight excluding hydrogens is 296 g/mol. The van der Waals surface area contributed by atoms with Gasteiger partial charge in [0, 0.05) is 19.6 Å². The fraction of sp³-hybridized carbons (Fsp3) is 0.381. The Kier molecular flexibility index (Phi) is 5.31. The number of nitrogens with zero attached hydrogens (tertiary/aromatic N) is 2. The lowest BCUT2D eigenvalue weighted by atomic mass is 10.1. The van der Waals surface area contributed by atoms with Gasteiger partial charge in [-0.2, -0.15) is 0 Å². The molecule has 0 aliphatic rings. The number of hydrogen-bond acceptors (Lipinski definition) is 2. The van der Waals surface area contributed by atoms with E-state index in [1.807, 2.05) is 0 Å². The van der Waals surface area contributed by atoms with Gasteiger partial charge in [0.05, 0.1) is 11.0 Å². The van der Waals surface area contributed by atoms with E-state index in [0.717, 1.165) is 43.6 Å². The summed E-state index contributed by atoms with van der Waals surface area (Å²) in [6, 6.07) is 15.1. The summed E-state index contributed by atoms with van der Waals surface area (Å²) < 4.78 is 2.35. The van der Waals surface area contributed by atoms with Gasteiger partial charge in [-0.3, -0.25) is 0 Å². The zero-order chi connectivity index (χ0) is 16.9. The maximum Gasteiger partial charge on any atom is 0.109 e. The first-order valence-corrected chi connectivity index (χ1v) is 8.80. The highest BCUT2D eigenvalue weighted by Gasteiger charge is 2.11. The molecule has 3 heteroatoms. The second-order valence-electron chi connectivity index (χ2n) is 6.52. The summed E-state index contributed by atoms with van der Waals surface area (Å²) in [6.07, 6.45) is 3.76. The van der Waals surface area contributed by atoms with Crippen molar-refractivity contribution >= 4 is 11.0 Å². The van der Waals surface area contributed by atoms with Crippen molar-refractivity contribution in [1.82, 2.24) is 9.55 Å². The van der Waals surface area contributed by atoms with Crippen LogP contribution in [-0.2, 0) is 19.4 Å². The smallest absolute Gasteiger partial charge is 0.109 e. The Morgan fingerprint density at radius 3 is 2.46 bits per heavy atom. The number of benzene rings is 2. The second kappa shape index (κ2) is 7.63. The third kappa shape index (κ3) is 3.68. The molecule has 3 aromatic rings. The van der Waals surface area contributed by atoms with Crippen molar-refractivity contribution in [3.63, 3.8) is 0 Å². The molecule has 0 fully saturated rings. The first-order valence-electron chi connectivity index (χ1n) is 8.80. The molecule has 0 amide bonds. The molecule has 0 aliphatic heterocycles. The van der Waals surface area contributed by atoms with Crippen molar-refractivity contribution in [2.75, 3.05) is 6.61 Å². The Labute approximate surface area is 144 Å². The number of hydrogen-bond donors (Lipinski definition) is 1. The van der Waals surface area contributed by atoms with Gasteiger partial charge in [0.15, 0.2) is 0 Å². The lowest BCUT2D eigenvalue weighted by Crippen LogP contribution is -2.06. The van der Waals surface area contributed by atoms with Crippen LogP contribution < -0.4 is 0 Å². The van der Waals surface area contributed by atoms with Crippen LogP contribution in [0, 0.1) is 13.8 Å². The standard InChI is InChI=1S/C21H26N2O/c1-16-14-19-20(15-17(16)2)23(21(22-19)11-7-13-24)12-6-10-18-8-4-3-5-9-18/h3-5,8-9,14-15,24H,6-7,10-13H2,1-2H3. The van der Waals surface area contributed by atoms with Crippen LogP contribution >= 0.6 is 0 Å². The molecule has 126 valence electrons. The molecule has 24 heavy (non-hydrogen) atoms. The summed E-state index contributed by atoms with van der Waals surface area (Å²) in [5.74, 6) is 1.09. The molecule has 2 aromatic carbocycles. The van der Waals surface area contributed by atoms with Crippen molar-refractivity contribution in [2.45, 2.75) is 46.1 Å². The van der Waals surface area contributed by atoms with E-state index < -0.39 is 0 Å². The van der Waals surface area contributed by atoms with E-state index in [-0.39, 0.29) is 6.61 Å². The molecule has 0 saturated carbocycles. The Balaban J connectivity index is 1.84. The minimum Gasteiger partial charge on any atom is -0.396 e. The Hall–Kier alpha value is -2.13. The van der Waals surface area contributed by atoms with Crippen molar-refractivity contribution in [3.05, 3.63) is 65.0 Å². The quantitative estimate of drug-likeness (QED) is 0.707. The fourth-order valence-corrected chi connectivity index (χ4v) is 3.19. The summed E-state index contributed by atoms with van der Waals surface area (Å²) in [5.41, 5.74) is 6.27. The summed E-state index contributed by atoms with van der Waals surface area (Å²) >= 11 is 0. The van der Waals surface area contributed by atoms with Crippen LogP contribution in [0.1, 0.15) is 35.4 Å². The molecule has 0 saturated heterocycles. The number of rotatable bonds is 7. The van der Waals surface area contributed by atoms with Gasteiger partial charge >= 0.3 is 0 Å². The molecule has 0 radical (unpaired) electrons. The maximum atomic E-state index is 9.17. The molecule has 0 spiro atoms. The summed E-state index contributed by atoms with van der Waals surface area (Å²) in [5, 5.41) is 9.17. The number of aliphatic hydroxyl groups is 1. The van der Waals surface area contributed by atoms with E-state index in [9.17, 15) is 0 Å². The highest BCUT2D eigenvalue weighted by Crippen LogP contribution is 2.22. The average molecular weight is 322 g/mol. The number of fused-ring (bicyclic) bond motifs is 1. The Morgan fingerprint density at radius 2 is 1.71 bits per heavy atom. The van der Waals surface area contributed by atoms with E-state index >= 15 is 0 Å². The van der Waals surface area contributed by atoms with Gasteiger partial charge in [-0.15, -0.1) is 0 Å². The monoisotopic (exact) mass is 322 g/mol. The molecule has 0 aliphatic carbocycles. The predicted molar refractivity (Wildman–Crippen MR) is 99.4 cm³/mol. The van der Waals surface area contributed by atoms with Crippen molar-refractivity contribution < 1.29 is 5.11 Å². The molecule has 1 N–H and O–H groups in total. The number of aromatic nitrogens is 2. The van der Waals surface area contributed by atoms with Crippen molar-refractivity contribution in [3.8, 4) is 0 Å². The maximum absolute atomic E-state index is 9.17. The van der Waals surface area contributed by atoms with Crippen LogP contribution in [-0.4, -0.2) is 21.3 Å². The third-order valence-electron chi connectivity index (χ3n) is 4.69. The van der Waals surface area contributed by atoms with Crippen molar-refractivity contribution in [2.24, 2.45) is 0 Å². The zero-order valence-electron chi connectivity index (χ0n) is 14.6. The molecule has 0 unspecified atom stereocenters. The number of aryl methyl sites for hydroxylation is 5. The predicted octanol–water partition coefficient (Wildman–Crippen LogP) is 4.21. The van der Waals surface area contributed by atoms with Gasteiger partial charge in [0.25, 0.3) is 0 Å². The van der Waals surface area contributed by atoms with Crippen LogP contribution in [0.4, 0.5) is 0 Å². The lowest BCUT2D eigenvalue weighted by molar-refractivity contribution is 0.287. The molecule has 3 rings (SSSR count). The number of imidazole rings is 1. The first-order chi connectivity index (χ1) is 11.7. The summed E-state index contributed by atoms with van der Waals surface area (Å²) in [7, 11) is 0. The molecular formula is C21H26N2O. The SMILES string of the molecule is Cc1cc2nc(CCCO)n(CCCc3ccccc3)c2cc1C. The van der Waals surface area contributed by atoms with Gasteiger partial charge in [-0.05, 0) is 61.9 Å². The molecule has 0 atom stereocenters. The van der Waals surface area contributed by atoms with E-state index in [1.54, 1.807) is 0 Å². The van der Waals surface area contributed by atoms with Crippen LogP contribution in [0.3, 0.4) is 0 Å². The van der Waals surface area contributed by atoms with Gasteiger partial charge in [-0.25, -0.2) is 4.98 Å². The summed E-state index contributed by atoms with van der Waals surface area (Å²) in [4.78, 5) is 4.83. The Bertz CT molecular complexity index is 806. The summed E-state index contributed by atoms with van der Waals surface area (Å²) in [6.45, 7) is 5.47. The van der Waals surface area contributed by atoms with E-state index in [4.69, 9.17) is 10.1 Å². The van der Waals surface area contributed by atoms with E-state index in [2.05, 4.69) is 60.9 Å². The minimum atomic E-state index is 0.214. The Morgan fingerprint density at radius 1 is 0.958 bits per heavy atom. The van der Waals surface area contributed by atoms with Gasteiger partial charge in [-0.1, -0.05) is 30.3 Å². The van der Waals surface area contributed by atoms with Gasteiger partial charge in [0.2, 0.25) is 0 Å². The van der Waals surface area contributed by atoms with Crippen LogP contribution in [0.25, 0.3) is 11.0 Å². The highest BCUT2D eigenvalue weighted by atomic mass is 16.2. The second-order valence-corrected chi connectivity index (χ2v) is 6.52. The van der Waals surface area contributed by atoms with Crippen molar-refractivity contribution in [1.29, 1.82) is 0 Å². The molecule has 1 heterocycles. The van der Waals surface area contributed by atoms with Crippen LogP contribution in [0.2, 0.25) is 0 Å². The normalized spacial score (nSPS) is 11.3. The lowest BCUT2D eigenvalue weighted by Gasteiger charge is -2.10. The average Bonchev–Trinajstić information content (AvgIpc) is 2.91. The molecule has 3 nitrogen and oxygen atoms in total. The zero-order valence-corrected chi connectivity index (χ0v) is 14.6. The molecule has 0 bridgehead atoms. The highest BCUT2D eigenvalue weighted by molar-refractivity contribution is 5.78. The van der Waals surface area contributed by atoms with Gasteiger partial charge < -0.3 is 9.67 Å². The largest absolute Gasteiger partial charge is 0.396 e. The van der Waals surface area contributed by atoms with Crippen LogP contribution in [0.5, 0.6) is 0 Å². The topological polar surface area (TPSA) is 38.1 Å². The molecule has 1 aromatic heterocycles. The van der Waals surface area contributed by atoms with Gasteiger partial charge in [0.1, 0.15) is 5.82 Å². The van der Waals surface area contributed by atoms with E-state index in [0.29, 0.717) is 0 Å². The number of aliphatic hydroxyl groups excluding tert-OH is 1. The first kappa shape index (κ1) is 16.7. The fourth-order valence-electron chi connectivity index (χ4n) is 3.19. The third-order valence-corrected chi connectivity index (χ3v) is 4.69. The minimum absolute atomic E-state index is 0.214. The van der Waals surface area contributed by atoms with E-state index in [1.165, 1.54) is 22.2 Å².